The Morgan fingerprint density at radius 1 is 1.31 bits per heavy atom. The van der Waals surface area contributed by atoms with Crippen LogP contribution in [-0.4, -0.2) is 32.0 Å². The molecule has 0 amide bonds. The molecule has 0 aliphatic carbocycles. The molecule has 1 aromatic carbocycles. The van der Waals surface area contributed by atoms with Crippen LogP contribution in [0.25, 0.3) is 22.3 Å². The molecule has 8 nitrogen and oxygen atoms in total. The van der Waals surface area contributed by atoms with Crippen molar-refractivity contribution in [3.8, 4) is 17.1 Å². The molecule has 5 rings (SSSR count). The van der Waals surface area contributed by atoms with Gasteiger partial charge in [0.1, 0.15) is 18.5 Å². The molecule has 36 heavy (non-hydrogen) atoms. The number of fused-ring (bicyclic) bond motifs is 5. The Hall–Kier alpha value is -3.49. The number of ether oxygens (including phenoxy) is 2. The molecule has 2 aliphatic rings. The van der Waals surface area contributed by atoms with Crippen molar-refractivity contribution in [1.82, 2.24) is 9.55 Å². The van der Waals surface area contributed by atoms with Crippen LogP contribution < -0.4 is 10.3 Å². The zero-order valence-electron chi connectivity index (χ0n) is 20.2. The fourth-order valence-electron chi connectivity index (χ4n) is 5.05. The highest BCUT2D eigenvalue weighted by Crippen LogP contribution is 2.40. The topological polar surface area (TPSA) is 108 Å². The zero-order chi connectivity index (χ0) is 25.9. The van der Waals surface area contributed by atoms with Crippen molar-refractivity contribution in [2.45, 2.75) is 58.5 Å². The maximum atomic E-state index is 13.4. The number of benzene rings is 1. The molecule has 0 saturated heterocycles. The molecule has 186 valence electrons. The van der Waals surface area contributed by atoms with Gasteiger partial charge < -0.3 is 19.1 Å². The van der Waals surface area contributed by atoms with Crippen LogP contribution in [0.1, 0.15) is 49.4 Å². The fraction of sp³-hybridized carbons (Fsp3) is 0.333. The first-order valence-electron chi connectivity index (χ1n) is 11.8. The van der Waals surface area contributed by atoms with Crippen molar-refractivity contribution in [1.29, 1.82) is 0 Å². The SMILES string of the molecule is C=C(C(=O)Cl)C(C)Oc1ccc2nc3c(c(CC)c2c1)Cn1c-3cc2c(c1=O)COC(=O)[C@]2(O)CC. The Bertz CT molecular complexity index is 1540. The Morgan fingerprint density at radius 2 is 2.06 bits per heavy atom. The van der Waals surface area contributed by atoms with Gasteiger partial charge in [0.25, 0.3) is 10.8 Å². The van der Waals surface area contributed by atoms with Crippen LogP contribution >= 0.6 is 11.6 Å². The van der Waals surface area contributed by atoms with Gasteiger partial charge in [0.05, 0.1) is 29.0 Å². The normalized spacial score (nSPS) is 18.8. The summed E-state index contributed by atoms with van der Waals surface area (Å²) in [5, 5.41) is 11.3. The average Bonchev–Trinajstić information content (AvgIpc) is 3.23. The lowest BCUT2D eigenvalue weighted by Gasteiger charge is -2.31. The van der Waals surface area contributed by atoms with Gasteiger partial charge in [0.2, 0.25) is 0 Å². The van der Waals surface area contributed by atoms with Gasteiger partial charge in [-0.05, 0) is 61.2 Å². The van der Waals surface area contributed by atoms with E-state index in [0.29, 0.717) is 35.6 Å². The summed E-state index contributed by atoms with van der Waals surface area (Å²) in [7, 11) is 0. The van der Waals surface area contributed by atoms with Crippen LogP contribution in [0.3, 0.4) is 0 Å². The number of carbonyl (C=O) groups excluding carboxylic acids is 2. The number of hydrogen-bond acceptors (Lipinski definition) is 7. The van der Waals surface area contributed by atoms with Crippen molar-refractivity contribution >= 4 is 33.7 Å². The molecule has 0 radical (unpaired) electrons. The quantitative estimate of drug-likeness (QED) is 0.240. The lowest BCUT2D eigenvalue weighted by Crippen LogP contribution is -2.44. The largest absolute Gasteiger partial charge is 0.486 e. The highest BCUT2D eigenvalue weighted by Gasteiger charge is 2.45. The second-order valence-corrected chi connectivity index (χ2v) is 9.46. The third-order valence-electron chi connectivity index (χ3n) is 7.19. The number of cyclic esters (lactones) is 1. The van der Waals surface area contributed by atoms with Crippen LogP contribution in [-0.2, 0) is 39.5 Å². The molecule has 0 bridgehead atoms. The molecule has 1 N–H and O–H groups in total. The van der Waals surface area contributed by atoms with Crippen LogP contribution in [0.15, 0.2) is 41.2 Å². The molecule has 2 aliphatic heterocycles. The standard InChI is InChI=1S/C27H25ClN2O6/c1-5-16-17-9-15(36-14(4)13(3)24(28)31)7-8-21(17)29-23-18(16)11-30-22(23)10-20-19(25(30)32)12-35-26(33)27(20,34)6-2/h7-10,14,34H,3,5-6,11-12H2,1-2,4H3/t14?,27-/m0/s1. The van der Waals surface area contributed by atoms with E-state index in [1.165, 1.54) is 0 Å². The maximum absolute atomic E-state index is 13.4. The van der Waals surface area contributed by atoms with Gasteiger partial charge in [-0.25, -0.2) is 9.78 Å². The Labute approximate surface area is 212 Å². The first kappa shape index (κ1) is 24.2. The molecular formula is C27H25ClN2O6. The molecule has 2 aromatic heterocycles. The second-order valence-electron chi connectivity index (χ2n) is 9.11. The van der Waals surface area contributed by atoms with Gasteiger partial charge in [-0.3, -0.25) is 9.59 Å². The zero-order valence-corrected chi connectivity index (χ0v) is 20.9. The van der Waals surface area contributed by atoms with Gasteiger partial charge in [-0.2, -0.15) is 0 Å². The van der Waals surface area contributed by atoms with Gasteiger partial charge in [0.15, 0.2) is 5.60 Å². The number of esters is 1. The van der Waals surface area contributed by atoms with E-state index in [-0.39, 0.29) is 35.3 Å². The molecule has 1 unspecified atom stereocenters. The van der Waals surface area contributed by atoms with Crippen molar-refractivity contribution in [2.75, 3.05) is 0 Å². The monoisotopic (exact) mass is 508 g/mol. The average molecular weight is 509 g/mol. The van der Waals surface area contributed by atoms with Crippen molar-refractivity contribution in [3.05, 3.63) is 69.0 Å². The summed E-state index contributed by atoms with van der Waals surface area (Å²) in [5.74, 6) is -0.210. The molecule has 0 spiro atoms. The fourth-order valence-corrected chi connectivity index (χ4v) is 5.21. The summed E-state index contributed by atoms with van der Waals surface area (Å²) in [4.78, 5) is 42.1. The number of nitrogens with zero attached hydrogens (tertiary/aromatic N) is 2. The third-order valence-corrected chi connectivity index (χ3v) is 7.43. The third kappa shape index (κ3) is 3.47. The molecule has 0 fully saturated rings. The van der Waals surface area contributed by atoms with Crippen molar-refractivity contribution in [2.24, 2.45) is 0 Å². The maximum Gasteiger partial charge on any atom is 0.343 e. The Morgan fingerprint density at radius 3 is 2.72 bits per heavy atom. The molecule has 3 aromatic rings. The number of aromatic nitrogens is 2. The minimum atomic E-state index is -1.87. The number of pyridine rings is 2. The number of carbonyl (C=O) groups is 2. The highest BCUT2D eigenvalue weighted by molar-refractivity contribution is 6.67. The van der Waals surface area contributed by atoms with E-state index in [0.717, 1.165) is 16.5 Å². The number of halogens is 1. The molecule has 2 atom stereocenters. The minimum Gasteiger partial charge on any atom is -0.486 e. The molecule has 9 heteroatoms. The Balaban J connectivity index is 1.66. The van der Waals surface area contributed by atoms with Gasteiger partial charge in [-0.15, -0.1) is 0 Å². The van der Waals surface area contributed by atoms with Crippen molar-refractivity contribution in [3.63, 3.8) is 0 Å². The molecular weight excluding hydrogens is 484 g/mol. The van der Waals surface area contributed by atoms with E-state index in [2.05, 4.69) is 6.58 Å². The Kier molecular flexibility index (Phi) is 5.76. The summed E-state index contributed by atoms with van der Waals surface area (Å²) in [5.41, 5.74) is 2.42. The van der Waals surface area contributed by atoms with Crippen molar-refractivity contribution < 1.29 is 24.2 Å². The summed E-state index contributed by atoms with van der Waals surface area (Å²) in [6, 6.07) is 7.15. The highest BCUT2D eigenvalue weighted by atomic mass is 35.5. The van der Waals surface area contributed by atoms with E-state index in [9.17, 15) is 19.5 Å². The minimum absolute atomic E-state index is 0.0862. The first-order chi connectivity index (χ1) is 17.1. The van der Waals surface area contributed by atoms with Crippen LogP contribution in [0, 0.1) is 0 Å². The first-order valence-corrected chi connectivity index (χ1v) is 12.2. The van der Waals surface area contributed by atoms with Crippen LogP contribution in [0.2, 0.25) is 0 Å². The number of aliphatic hydroxyl groups is 1. The van der Waals surface area contributed by atoms with E-state index in [4.69, 9.17) is 26.1 Å². The summed E-state index contributed by atoms with van der Waals surface area (Å²) in [6.45, 7) is 9.23. The number of aryl methyl sites for hydroxylation is 1. The van der Waals surface area contributed by atoms with Crippen LogP contribution in [0.5, 0.6) is 5.75 Å². The van der Waals surface area contributed by atoms with E-state index in [1.54, 1.807) is 30.5 Å². The van der Waals surface area contributed by atoms with E-state index >= 15 is 0 Å². The lowest BCUT2D eigenvalue weighted by atomic mass is 9.86. The van der Waals surface area contributed by atoms with Gasteiger partial charge in [0, 0.05) is 22.1 Å². The molecule has 4 heterocycles. The van der Waals surface area contributed by atoms with E-state index < -0.39 is 22.9 Å². The molecule has 0 saturated carbocycles. The predicted molar refractivity (Wildman–Crippen MR) is 134 cm³/mol. The second kappa shape index (κ2) is 8.57. The van der Waals surface area contributed by atoms with Gasteiger partial charge in [-0.1, -0.05) is 20.4 Å². The summed E-state index contributed by atoms with van der Waals surface area (Å²) >= 11 is 5.54. The van der Waals surface area contributed by atoms with E-state index in [1.807, 2.05) is 19.1 Å². The summed E-state index contributed by atoms with van der Waals surface area (Å²) < 4.78 is 12.7. The van der Waals surface area contributed by atoms with Gasteiger partial charge >= 0.3 is 5.97 Å². The predicted octanol–water partition coefficient (Wildman–Crippen LogP) is 3.73. The number of rotatable bonds is 6. The summed E-state index contributed by atoms with van der Waals surface area (Å²) in [6.07, 6.45) is 0.162. The smallest absolute Gasteiger partial charge is 0.343 e. The number of hydrogen-bond donors (Lipinski definition) is 1. The van der Waals surface area contributed by atoms with Crippen LogP contribution in [0.4, 0.5) is 0 Å². The lowest BCUT2D eigenvalue weighted by molar-refractivity contribution is -0.172.